The number of ether oxygens (including phenoxy) is 2. The van der Waals surface area contributed by atoms with E-state index in [0.717, 1.165) is 18.4 Å². The highest BCUT2D eigenvalue weighted by Gasteiger charge is 2.27. The van der Waals surface area contributed by atoms with Gasteiger partial charge in [0.1, 0.15) is 22.5 Å². The molecule has 2 aromatic rings. The molecule has 1 aromatic carbocycles. The van der Waals surface area contributed by atoms with Gasteiger partial charge in [0.25, 0.3) is 5.56 Å². The molecule has 116 valence electrons. The lowest BCUT2D eigenvalue weighted by Crippen LogP contribution is -2.28. The van der Waals surface area contributed by atoms with E-state index in [1.54, 1.807) is 0 Å². The first-order chi connectivity index (χ1) is 10.5. The number of H-pyrrole nitrogens is 1. The van der Waals surface area contributed by atoms with E-state index < -0.39 is 5.60 Å². The summed E-state index contributed by atoms with van der Waals surface area (Å²) in [4.78, 5) is 19.1. The first-order valence-electron chi connectivity index (χ1n) is 7.57. The molecule has 0 unspecified atom stereocenters. The molecule has 22 heavy (non-hydrogen) atoms. The fourth-order valence-electron chi connectivity index (χ4n) is 2.48. The number of unbranched alkanes of at least 4 members (excludes halogenated alkanes) is 1. The van der Waals surface area contributed by atoms with Crippen LogP contribution in [-0.2, 0) is 0 Å². The Kier molecular flexibility index (Phi) is 3.64. The van der Waals surface area contributed by atoms with Crippen molar-refractivity contribution in [2.45, 2.75) is 39.2 Å². The van der Waals surface area contributed by atoms with E-state index in [0.29, 0.717) is 29.0 Å². The molecular weight excluding hydrogens is 280 g/mol. The van der Waals surface area contributed by atoms with Crippen molar-refractivity contribution in [3.05, 3.63) is 34.4 Å². The second-order valence-corrected chi connectivity index (χ2v) is 5.98. The molecule has 5 heteroatoms. The summed E-state index contributed by atoms with van der Waals surface area (Å²) in [5, 5.41) is 0.470. The molecule has 0 saturated carbocycles. The lowest BCUT2D eigenvalue weighted by Gasteiger charge is -2.29. The summed E-state index contributed by atoms with van der Waals surface area (Å²) < 4.78 is 11.9. The minimum atomic E-state index is -0.468. The van der Waals surface area contributed by atoms with Crippen LogP contribution in [-0.4, -0.2) is 22.2 Å². The minimum Gasteiger partial charge on any atom is -0.493 e. The Hall–Kier alpha value is -2.30. The van der Waals surface area contributed by atoms with Crippen LogP contribution in [0.15, 0.2) is 23.3 Å². The topological polar surface area (TPSA) is 64.2 Å². The van der Waals surface area contributed by atoms with Crippen molar-refractivity contribution in [2.24, 2.45) is 0 Å². The molecule has 0 bridgehead atoms. The van der Waals surface area contributed by atoms with Gasteiger partial charge in [-0.25, -0.2) is 4.98 Å². The molecular formula is C17H20N2O3. The van der Waals surface area contributed by atoms with Gasteiger partial charge in [-0.3, -0.25) is 4.79 Å². The number of nitrogens with zero attached hydrogens (tertiary/aromatic N) is 1. The smallest absolute Gasteiger partial charge is 0.262 e. The van der Waals surface area contributed by atoms with Gasteiger partial charge in [-0.05, 0) is 32.4 Å². The van der Waals surface area contributed by atoms with Gasteiger partial charge in [-0.2, -0.15) is 0 Å². The third kappa shape index (κ3) is 2.58. The van der Waals surface area contributed by atoms with E-state index in [-0.39, 0.29) is 5.56 Å². The molecule has 1 N–H and O–H groups in total. The molecule has 1 aliphatic rings. The largest absolute Gasteiger partial charge is 0.493 e. The SMILES string of the molecule is CCCCOc1cc2nc[nH]c(=O)c2c2c1C=CC(C)(C)O2. The molecule has 0 radical (unpaired) electrons. The number of aromatic nitrogens is 2. The third-order valence-electron chi connectivity index (χ3n) is 3.66. The summed E-state index contributed by atoms with van der Waals surface area (Å²) in [6.07, 6.45) is 7.37. The maximum absolute atomic E-state index is 12.2. The zero-order valence-corrected chi connectivity index (χ0v) is 13.1. The Labute approximate surface area is 129 Å². The predicted octanol–water partition coefficient (Wildman–Crippen LogP) is 3.29. The van der Waals surface area contributed by atoms with Crippen LogP contribution in [0.2, 0.25) is 0 Å². The number of aromatic amines is 1. The summed E-state index contributed by atoms with van der Waals surface area (Å²) in [7, 11) is 0. The van der Waals surface area contributed by atoms with E-state index in [2.05, 4.69) is 16.9 Å². The van der Waals surface area contributed by atoms with Gasteiger partial charge in [0.05, 0.1) is 24.0 Å². The van der Waals surface area contributed by atoms with Crippen LogP contribution >= 0.6 is 0 Å². The van der Waals surface area contributed by atoms with Crippen LogP contribution in [0.5, 0.6) is 11.5 Å². The number of rotatable bonds is 4. The van der Waals surface area contributed by atoms with Gasteiger partial charge in [-0.15, -0.1) is 0 Å². The van der Waals surface area contributed by atoms with Crippen molar-refractivity contribution >= 4 is 17.0 Å². The van der Waals surface area contributed by atoms with Gasteiger partial charge in [0.15, 0.2) is 0 Å². The highest BCUT2D eigenvalue weighted by atomic mass is 16.5. The molecule has 0 aliphatic carbocycles. The molecule has 3 rings (SSSR count). The normalized spacial score (nSPS) is 15.4. The predicted molar refractivity (Wildman–Crippen MR) is 86.5 cm³/mol. The van der Waals surface area contributed by atoms with Gasteiger partial charge in [0.2, 0.25) is 0 Å². The fraction of sp³-hybridized carbons (Fsp3) is 0.412. The molecule has 1 aromatic heterocycles. The Morgan fingerprint density at radius 3 is 3.00 bits per heavy atom. The lowest BCUT2D eigenvalue weighted by atomic mass is 9.99. The monoisotopic (exact) mass is 300 g/mol. The third-order valence-corrected chi connectivity index (χ3v) is 3.66. The summed E-state index contributed by atoms with van der Waals surface area (Å²) in [6, 6.07) is 1.81. The number of nitrogens with one attached hydrogen (secondary N) is 1. The van der Waals surface area contributed by atoms with Crippen molar-refractivity contribution in [1.29, 1.82) is 0 Å². The maximum Gasteiger partial charge on any atom is 0.262 e. The molecule has 0 amide bonds. The number of hydrogen-bond donors (Lipinski definition) is 1. The zero-order valence-electron chi connectivity index (χ0n) is 13.1. The highest BCUT2D eigenvalue weighted by molar-refractivity contribution is 5.91. The number of benzene rings is 1. The summed E-state index contributed by atoms with van der Waals surface area (Å²) >= 11 is 0. The van der Waals surface area contributed by atoms with Crippen molar-refractivity contribution in [2.75, 3.05) is 6.61 Å². The van der Waals surface area contributed by atoms with Crippen LogP contribution in [0, 0.1) is 0 Å². The van der Waals surface area contributed by atoms with E-state index >= 15 is 0 Å². The van der Waals surface area contributed by atoms with Crippen LogP contribution in [0.25, 0.3) is 17.0 Å². The zero-order chi connectivity index (χ0) is 15.7. The Morgan fingerprint density at radius 1 is 1.41 bits per heavy atom. The maximum atomic E-state index is 12.2. The molecule has 0 saturated heterocycles. The van der Waals surface area contributed by atoms with Crippen molar-refractivity contribution in [1.82, 2.24) is 9.97 Å². The van der Waals surface area contributed by atoms with Gasteiger partial charge < -0.3 is 14.5 Å². The average molecular weight is 300 g/mol. The Balaban J connectivity index is 2.20. The second kappa shape index (κ2) is 5.48. The molecule has 2 heterocycles. The van der Waals surface area contributed by atoms with Crippen LogP contribution in [0.1, 0.15) is 39.2 Å². The highest BCUT2D eigenvalue weighted by Crippen LogP contribution is 2.41. The van der Waals surface area contributed by atoms with Crippen LogP contribution in [0.4, 0.5) is 0 Å². The second-order valence-electron chi connectivity index (χ2n) is 5.98. The van der Waals surface area contributed by atoms with E-state index in [1.807, 2.05) is 32.1 Å². The summed E-state index contributed by atoms with van der Waals surface area (Å²) in [5.74, 6) is 1.26. The quantitative estimate of drug-likeness (QED) is 0.880. The minimum absolute atomic E-state index is 0.201. The molecule has 0 spiro atoms. The first kappa shape index (κ1) is 14.6. The molecule has 0 fully saturated rings. The Morgan fingerprint density at radius 2 is 2.23 bits per heavy atom. The van der Waals surface area contributed by atoms with E-state index in [9.17, 15) is 4.79 Å². The Bertz CT molecular complexity index is 790. The fourth-order valence-corrected chi connectivity index (χ4v) is 2.48. The van der Waals surface area contributed by atoms with Crippen molar-refractivity contribution in [3.63, 3.8) is 0 Å². The summed E-state index contributed by atoms with van der Waals surface area (Å²) in [6.45, 7) is 6.65. The van der Waals surface area contributed by atoms with Gasteiger partial charge in [0, 0.05) is 6.07 Å². The number of fused-ring (bicyclic) bond motifs is 3. The standard InChI is InChI=1S/C17H20N2O3/c1-4-5-8-21-13-9-12-14(16(20)19-10-18-12)15-11(13)6-7-17(2,3)22-15/h6-7,9-10H,4-5,8H2,1-3H3,(H,18,19,20). The van der Waals surface area contributed by atoms with Crippen molar-refractivity contribution in [3.8, 4) is 11.5 Å². The number of hydrogen-bond acceptors (Lipinski definition) is 4. The van der Waals surface area contributed by atoms with E-state index in [4.69, 9.17) is 9.47 Å². The lowest BCUT2D eigenvalue weighted by molar-refractivity contribution is 0.160. The average Bonchev–Trinajstić information content (AvgIpc) is 2.46. The molecule has 1 aliphatic heterocycles. The molecule has 5 nitrogen and oxygen atoms in total. The van der Waals surface area contributed by atoms with Crippen molar-refractivity contribution < 1.29 is 9.47 Å². The van der Waals surface area contributed by atoms with Gasteiger partial charge >= 0.3 is 0 Å². The first-order valence-corrected chi connectivity index (χ1v) is 7.57. The van der Waals surface area contributed by atoms with Gasteiger partial charge in [-0.1, -0.05) is 13.3 Å². The van der Waals surface area contributed by atoms with Crippen LogP contribution in [0.3, 0.4) is 0 Å². The summed E-state index contributed by atoms with van der Waals surface area (Å²) in [5.41, 5.74) is 0.721. The van der Waals surface area contributed by atoms with Crippen LogP contribution < -0.4 is 15.0 Å². The molecule has 0 atom stereocenters. The van der Waals surface area contributed by atoms with E-state index in [1.165, 1.54) is 6.33 Å².